The molecule has 0 aliphatic carbocycles. The standard InChI is InChI=1S/C38H52ClNO6SSi/c1-36(2,3)46-35(43)40-38(23-21-34(41)42,27-45-48(7,8)37(4,5)6)22-13-16-29-19-20-32(25-33(29)39)47-31-18-12-17-30(24-31)44-26-28-14-10-9-11-15-28/h9-12,14-15,17-20,24-25H,13,16,21-23,26-27H2,1-8H3,(H,40,43)(H,41,42). The number of aliphatic carboxylic acids is 1. The van der Waals surface area contributed by atoms with Crippen molar-refractivity contribution < 1.29 is 28.6 Å². The Labute approximate surface area is 297 Å². The molecular weight excluding hydrogens is 662 g/mol. The number of benzene rings is 3. The summed E-state index contributed by atoms with van der Waals surface area (Å²) < 4.78 is 18.2. The van der Waals surface area contributed by atoms with E-state index < -0.39 is 31.5 Å². The van der Waals surface area contributed by atoms with Crippen molar-refractivity contribution >= 4 is 43.7 Å². The lowest BCUT2D eigenvalue weighted by Gasteiger charge is -2.42. The normalized spacial score (nSPS) is 13.4. The minimum absolute atomic E-state index is 0.0543. The van der Waals surface area contributed by atoms with Gasteiger partial charge in [-0.2, -0.15) is 0 Å². The Morgan fingerprint density at radius 3 is 2.21 bits per heavy atom. The molecular formula is C38H52ClNO6SSi. The van der Waals surface area contributed by atoms with Crippen LogP contribution in [0.3, 0.4) is 0 Å². The Morgan fingerprint density at radius 1 is 0.896 bits per heavy atom. The predicted molar refractivity (Wildman–Crippen MR) is 198 cm³/mol. The third kappa shape index (κ3) is 13.1. The van der Waals surface area contributed by atoms with Gasteiger partial charge in [0.1, 0.15) is 18.0 Å². The Kier molecular flexibility index (Phi) is 14.1. The quantitative estimate of drug-likeness (QED) is 0.143. The van der Waals surface area contributed by atoms with Crippen molar-refractivity contribution in [2.45, 2.75) is 119 Å². The van der Waals surface area contributed by atoms with E-state index in [9.17, 15) is 14.7 Å². The maximum atomic E-state index is 13.1. The average Bonchev–Trinajstić information content (AvgIpc) is 2.98. The zero-order valence-corrected chi connectivity index (χ0v) is 32.2. The lowest BCUT2D eigenvalue weighted by atomic mass is 9.87. The van der Waals surface area contributed by atoms with Crippen molar-refractivity contribution in [1.29, 1.82) is 0 Å². The molecule has 0 saturated carbocycles. The molecule has 0 fully saturated rings. The minimum Gasteiger partial charge on any atom is -0.489 e. The first kappa shape index (κ1) is 39.5. The second-order valence-corrected chi connectivity index (χ2v) is 21.2. The highest BCUT2D eigenvalue weighted by molar-refractivity contribution is 7.99. The van der Waals surface area contributed by atoms with Crippen LogP contribution in [-0.4, -0.2) is 43.2 Å². The van der Waals surface area contributed by atoms with Gasteiger partial charge >= 0.3 is 12.1 Å². The molecule has 10 heteroatoms. The predicted octanol–water partition coefficient (Wildman–Crippen LogP) is 10.5. The molecule has 0 bridgehead atoms. The number of carbonyl (C=O) groups is 2. The van der Waals surface area contributed by atoms with Crippen LogP contribution in [0.4, 0.5) is 4.79 Å². The summed E-state index contributed by atoms with van der Waals surface area (Å²) in [7, 11) is -2.21. The molecule has 0 saturated heterocycles. The smallest absolute Gasteiger partial charge is 0.408 e. The van der Waals surface area contributed by atoms with E-state index in [2.05, 4.69) is 45.2 Å². The van der Waals surface area contributed by atoms with E-state index in [1.807, 2.05) is 66.7 Å². The fourth-order valence-corrected chi connectivity index (χ4v) is 7.06. The van der Waals surface area contributed by atoms with Crippen LogP contribution in [0.5, 0.6) is 5.75 Å². The molecule has 1 amide bonds. The van der Waals surface area contributed by atoms with Crippen LogP contribution >= 0.6 is 23.4 Å². The highest BCUT2D eigenvalue weighted by Crippen LogP contribution is 2.38. The van der Waals surface area contributed by atoms with Gasteiger partial charge in [0.15, 0.2) is 8.32 Å². The monoisotopic (exact) mass is 713 g/mol. The van der Waals surface area contributed by atoms with E-state index in [0.29, 0.717) is 30.9 Å². The average molecular weight is 714 g/mol. The zero-order valence-electron chi connectivity index (χ0n) is 29.7. The number of amides is 1. The fourth-order valence-electron chi connectivity index (χ4n) is 4.75. The number of rotatable bonds is 16. The Bertz CT molecular complexity index is 1510. The third-order valence-electron chi connectivity index (χ3n) is 8.51. The van der Waals surface area contributed by atoms with Crippen LogP contribution in [0, 0.1) is 0 Å². The Hall–Kier alpha value is -2.98. The highest BCUT2D eigenvalue weighted by atomic mass is 35.5. The van der Waals surface area contributed by atoms with Crippen LogP contribution in [0.15, 0.2) is 82.6 Å². The van der Waals surface area contributed by atoms with Gasteiger partial charge in [0.25, 0.3) is 0 Å². The van der Waals surface area contributed by atoms with Crippen LogP contribution in [0.2, 0.25) is 23.2 Å². The van der Waals surface area contributed by atoms with Crippen molar-refractivity contribution in [3.8, 4) is 5.75 Å². The van der Waals surface area contributed by atoms with Gasteiger partial charge in [-0.05, 0) is 106 Å². The molecule has 0 aromatic heterocycles. The molecule has 0 radical (unpaired) electrons. The number of carbonyl (C=O) groups excluding carboxylic acids is 1. The summed E-state index contributed by atoms with van der Waals surface area (Å²) in [6, 6.07) is 24.1. The summed E-state index contributed by atoms with van der Waals surface area (Å²) in [4.78, 5) is 26.9. The van der Waals surface area contributed by atoms with E-state index in [-0.39, 0.29) is 24.5 Å². The largest absolute Gasteiger partial charge is 0.489 e. The van der Waals surface area contributed by atoms with Crippen LogP contribution in [0.25, 0.3) is 0 Å². The minimum atomic E-state index is -2.21. The topological polar surface area (TPSA) is 94.1 Å². The van der Waals surface area contributed by atoms with Crippen molar-refractivity contribution in [2.75, 3.05) is 6.61 Å². The van der Waals surface area contributed by atoms with Crippen molar-refractivity contribution in [3.05, 3.63) is 88.9 Å². The maximum Gasteiger partial charge on any atom is 0.408 e. The molecule has 0 aliphatic rings. The first-order chi connectivity index (χ1) is 22.4. The molecule has 2 N–H and O–H groups in total. The number of carboxylic acids is 1. The van der Waals surface area contributed by atoms with Crippen molar-refractivity contribution in [2.24, 2.45) is 0 Å². The second kappa shape index (κ2) is 17.1. The van der Waals surface area contributed by atoms with Gasteiger partial charge in [0, 0.05) is 21.2 Å². The molecule has 7 nitrogen and oxygen atoms in total. The maximum absolute atomic E-state index is 13.1. The lowest BCUT2D eigenvalue weighted by Crippen LogP contribution is -2.56. The van der Waals surface area contributed by atoms with Gasteiger partial charge < -0.3 is 24.3 Å². The van der Waals surface area contributed by atoms with Gasteiger partial charge in [-0.15, -0.1) is 0 Å². The summed E-state index contributed by atoms with van der Waals surface area (Å²) in [5.74, 6) is -0.127. The molecule has 3 aromatic carbocycles. The molecule has 48 heavy (non-hydrogen) atoms. The van der Waals surface area contributed by atoms with Crippen LogP contribution in [0.1, 0.15) is 78.4 Å². The lowest BCUT2D eigenvalue weighted by molar-refractivity contribution is -0.137. The second-order valence-electron chi connectivity index (χ2n) is 14.8. The summed E-state index contributed by atoms with van der Waals surface area (Å²) in [6.45, 7) is 16.9. The summed E-state index contributed by atoms with van der Waals surface area (Å²) in [6.07, 6.45) is 1.33. The Morgan fingerprint density at radius 2 is 1.58 bits per heavy atom. The number of hydrogen-bond acceptors (Lipinski definition) is 6. The van der Waals surface area contributed by atoms with Crippen LogP contribution < -0.4 is 10.1 Å². The number of aryl methyl sites for hydroxylation is 1. The first-order valence-electron chi connectivity index (χ1n) is 16.5. The highest BCUT2D eigenvalue weighted by Gasteiger charge is 2.41. The molecule has 262 valence electrons. The van der Waals surface area contributed by atoms with Gasteiger partial charge in [0.2, 0.25) is 0 Å². The van der Waals surface area contributed by atoms with E-state index in [0.717, 1.165) is 26.7 Å². The van der Waals surface area contributed by atoms with Gasteiger partial charge in [0.05, 0.1) is 12.1 Å². The van der Waals surface area contributed by atoms with E-state index in [4.69, 9.17) is 25.5 Å². The molecule has 1 unspecified atom stereocenters. The number of ether oxygens (including phenoxy) is 2. The van der Waals surface area contributed by atoms with E-state index in [1.165, 1.54) is 0 Å². The summed E-state index contributed by atoms with van der Waals surface area (Å²) in [5, 5.41) is 13.3. The zero-order chi connectivity index (χ0) is 35.6. The van der Waals surface area contributed by atoms with Gasteiger partial charge in [-0.1, -0.05) is 86.6 Å². The van der Waals surface area contributed by atoms with Gasteiger partial charge in [-0.25, -0.2) is 4.79 Å². The molecule has 0 aliphatic heterocycles. The van der Waals surface area contributed by atoms with E-state index in [1.54, 1.807) is 32.5 Å². The Balaban J connectivity index is 1.72. The van der Waals surface area contributed by atoms with Crippen LogP contribution in [-0.2, 0) is 27.0 Å². The van der Waals surface area contributed by atoms with Crippen molar-refractivity contribution in [3.63, 3.8) is 0 Å². The molecule has 1 atom stereocenters. The number of carboxylic acid groups (broad SMARTS) is 1. The molecule has 0 heterocycles. The summed E-state index contributed by atoms with van der Waals surface area (Å²) in [5.41, 5.74) is 0.468. The summed E-state index contributed by atoms with van der Waals surface area (Å²) >= 11 is 8.41. The molecule has 3 rings (SSSR count). The first-order valence-corrected chi connectivity index (χ1v) is 20.6. The van der Waals surface area contributed by atoms with Gasteiger partial charge in [-0.3, -0.25) is 4.79 Å². The molecule has 0 spiro atoms. The number of halogens is 1. The number of nitrogens with one attached hydrogen (secondary N) is 1. The number of alkyl carbamates (subject to hydrolysis) is 1. The van der Waals surface area contributed by atoms with Crippen molar-refractivity contribution in [1.82, 2.24) is 5.32 Å². The third-order valence-corrected chi connectivity index (χ3v) is 14.3. The fraction of sp³-hybridized carbons (Fsp3) is 0.474. The molecule has 3 aromatic rings. The number of hydrogen-bond donors (Lipinski definition) is 2. The van der Waals surface area contributed by atoms with E-state index >= 15 is 0 Å². The SMILES string of the molecule is CC(C)(C)OC(=O)NC(CCCc1ccc(Sc2cccc(OCc3ccccc3)c2)cc1Cl)(CCC(=O)O)CO[Si](C)(C)C(C)(C)C.